The Morgan fingerprint density at radius 2 is 1.06 bits per heavy atom. The molecule has 0 saturated heterocycles. The summed E-state index contributed by atoms with van der Waals surface area (Å²) in [6.07, 6.45) is 4.79. The summed E-state index contributed by atoms with van der Waals surface area (Å²) in [5.41, 5.74) is 13.6. The first-order valence-electron chi connectivity index (χ1n) is 16.5. The summed E-state index contributed by atoms with van der Waals surface area (Å²) in [5, 5.41) is 2.46. The number of nitrogens with zero attached hydrogens (tertiary/aromatic N) is 1. The van der Waals surface area contributed by atoms with Crippen molar-refractivity contribution in [2.24, 2.45) is 5.41 Å². The molecule has 0 aliphatic heterocycles. The largest absolute Gasteiger partial charge is 0.310 e. The van der Waals surface area contributed by atoms with Crippen molar-refractivity contribution >= 4 is 33.9 Å². The van der Waals surface area contributed by atoms with Gasteiger partial charge in [0.05, 0.1) is 11.1 Å². The third-order valence-electron chi connectivity index (χ3n) is 10.5. The zero-order valence-corrected chi connectivity index (χ0v) is 26.7. The van der Waals surface area contributed by atoms with Crippen LogP contribution in [0.3, 0.4) is 0 Å². The van der Waals surface area contributed by atoms with Gasteiger partial charge in [-0.1, -0.05) is 159 Å². The molecule has 7 aromatic carbocycles. The molecule has 0 amide bonds. The average Bonchev–Trinajstić information content (AvgIpc) is 3.43. The van der Waals surface area contributed by atoms with Gasteiger partial charge in [-0.2, -0.15) is 0 Å². The Kier molecular flexibility index (Phi) is 6.14. The van der Waals surface area contributed by atoms with Crippen LogP contribution in [0.5, 0.6) is 0 Å². The lowest BCUT2D eigenvalue weighted by Gasteiger charge is -2.48. The number of hydrogen-bond donors (Lipinski definition) is 0. The standard InChI is InChI=1S/C46H35N/c1-45(2)30-29-35-31-37(27-28-41(35)46(45)42-20-10-8-18-39(42)40-19-9-11-21-43(40)46)47(44-22-12-16-34-15-6-7-17-38(34)44)36-25-23-33(24-26-36)32-13-4-3-5-14-32/h3-31H,1-2H3. The molecule has 0 heterocycles. The minimum atomic E-state index is -0.287. The molecule has 2 aliphatic rings. The van der Waals surface area contributed by atoms with E-state index >= 15 is 0 Å². The van der Waals surface area contributed by atoms with Gasteiger partial charge in [0.15, 0.2) is 0 Å². The van der Waals surface area contributed by atoms with Gasteiger partial charge in [0.2, 0.25) is 0 Å². The van der Waals surface area contributed by atoms with Crippen LogP contribution in [0.4, 0.5) is 17.1 Å². The van der Waals surface area contributed by atoms with Crippen LogP contribution in [0.1, 0.15) is 36.1 Å². The van der Waals surface area contributed by atoms with Crippen LogP contribution in [0.2, 0.25) is 0 Å². The molecule has 1 nitrogen and oxygen atoms in total. The third-order valence-corrected chi connectivity index (χ3v) is 10.5. The quantitative estimate of drug-likeness (QED) is 0.194. The van der Waals surface area contributed by atoms with Crippen molar-refractivity contribution < 1.29 is 0 Å². The van der Waals surface area contributed by atoms with Gasteiger partial charge in [-0.05, 0) is 80.2 Å². The Morgan fingerprint density at radius 3 is 1.81 bits per heavy atom. The molecule has 0 radical (unpaired) electrons. The van der Waals surface area contributed by atoms with Crippen LogP contribution >= 0.6 is 0 Å². The molecule has 0 bridgehead atoms. The van der Waals surface area contributed by atoms with Crippen LogP contribution in [0, 0.1) is 5.41 Å². The Bertz CT molecular complexity index is 2270. The van der Waals surface area contributed by atoms with Gasteiger partial charge in [-0.3, -0.25) is 0 Å². The van der Waals surface area contributed by atoms with Gasteiger partial charge >= 0.3 is 0 Å². The highest BCUT2D eigenvalue weighted by atomic mass is 15.1. The van der Waals surface area contributed by atoms with Crippen LogP contribution in [0.25, 0.3) is 39.1 Å². The van der Waals surface area contributed by atoms with Crippen molar-refractivity contribution in [2.45, 2.75) is 19.3 Å². The lowest BCUT2D eigenvalue weighted by molar-refractivity contribution is 0.323. The first-order valence-corrected chi connectivity index (χ1v) is 16.5. The van der Waals surface area contributed by atoms with E-state index in [0.717, 1.165) is 11.4 Å². The summed E-state index contributed by atoms with van der Waals surface area (Å²) < 4.78 is 0. The first-order chi connectivity index (χ1) is 23.1. The number of allylic oxidation sites excluding steroid dienone is 1. The number of anilines is 3. The number of fused-ring (bicyclic) bond motifs is 8. The number of hydrogen-bond acceptors (Lipinski definition) is 1. The second-order valence-corrected chi connectivity index (χ2v) is 13.4. The highest BCUT2D eigenvalue weighted by molar-refractivity contribution is 5.99. The van der Waals surface area contributed by atoms with Crippen LogP contribution < -0.4 is 4.90 Å². The fourth-order valence-corrected chi connectivity index (χ4v) is 8.42. The fraction of sp³-hybridized carbons (Fsp3) is 0.0870. The minimum Gasteiger partial charge on any atom is -0.310 e. The van der Waals surface area contributed by atoms with E-state index in [1.165, 1.54) is 61.0 Å². The fourth-order valence-electron chi connectivity index (χ4n) is 8.42. The Hall–Kier alpha value is -5.66. The molecule has 9 rings (SSSR count). The maximum Gasteiger partial charge on any atom is 0.0554 e. The molecule has 0 saturated carbocycles. The summed E-state index contributed by atoms with van der Waals surface area (Å²) in [7, 11) is 0. The predicted molar refractivity (Wildman–Crippen MR) is 199 cm³/mol. The van der Waals surface area contributed by atoms with E-state index in [1.54, 1.807) is 0 Å². The Balaban J connectivity index is 1.26. The molecule has 2 aliphatic carbocycles. The van der Waals surface area contributed by atoms with Gasteiger partial charge in [0, 0.05) is 22.2 Å². The molecule has 0 fully saturated rings. The summed E-state index contributed by atoms with van der Waals surface area (Å²) in [6.45, 7) is 4.80. The van der Waals surface area contributed by atoms with Gasteiger partial charge < -0.3 is 4.90 Å². The molecular formula is C46H35N. The molecular weight excluding hydrogens is 567 g/mol. The molecule has 0 aromatic heterocycles. The van der Waals surface area contributed by atoms with Crippen molar-refractivity contribution in [1.82, 2.24) is 0 Å². The minimum absolute atomic E-state index is 0.132. The summed E-state index contributed by atoms with van der Waals surface area (Å²) in [4.78, 5) is 2.42. The predicted octanol–water partition coefficient (Wildman–Crippen LogP) is 12.3. The van der Waals surface area contributed by atoms with Gasteiger partial charge in [0.25, 0.3) is 0 Å². The van der Waals surface area contributed by atoms with Crippen molar-refractivity contribution in [3.8, 4) is 22.3 Å². The Morgan fingerprint density at radius 1 is 0.468 bits per heavy atom. The van der Waals surface area contributed by atoms with Crippen molar-refractivity contribution in [1.29, 1.82) is 0 Å². The molecule has 224 valence electrons. The summed E-state index contributed by atoms with van der Waals surface area (Å²) >= 11 is 0. The zero-order valence-electron chi connectivity index (χ0n) is 26.7. The van der Waals surface area contributed by atoms with Crippen molar-refractivity contribution in [3.05, 3.63) is 192 Å². The first kappa shape index (κ1) is 27.6. The molecule has 7 aromatic rings. The van der Waals surface area contributed by atoms with E-state index < -0.39 is 0 Å². The van der Waals surface area contributed by atoms with Crippen LogP contribution in [0.15, 0.2) is 170 Å². The highest BCUT2D eigenvalue weighted by Gasteiger charge is 2.55. The van der Waals surface area contributed by atoms with E-state index in [-0.39, 0.29) is 10.8 Å². The second-order valence-electron chi connectivity index (χ2n) is 13.4. The van der Waals surface area contributed by atoms with E-state index in [4.69, 9.17) is 0 Å². The number of benzene rings is 7. The zero-order chi connectivity index (χ0) is 31.6. The molecule has 0 unspecified atom stereocenters. The lowest BCUT2D eigenvalue weighted by Crippen LogP contribution is -2.43. The average molecular weight is 602 g/mol. The molecule has 47 heavy (non-hydrogen) atoms. The molecule has 1 spiro atoms. The van der Waals surface area contributed by atoms with Gasteiger partial charge in [0.1, 0.15) is 0 Å². The monoisotopic (exact) mass is 601 g/mol. The SMILES string of the molecule is CC1(C)C=Cc2cc(N(c3ccc(-c4ccccc4)cc3)c3cccc4ccccc34)ccc2C12c1ccccc1-c1ccccc12. The van der Waals surface area contributed by atoms with Crippen molar-refractivity contribution in [2.75, 3.05) is 4.90 Å². The summed E-state index contributed by atoms with van der Waals surface area (Å²) in [5.74, 6) is 0. The van der Waals surface area contributed by atoms with Gasteiger partial charge in [-0.15, -0.1) is 0 Å². The maximum atomic E-state index is 2.44. The van der Waals surface area contributed by atoms with E-state index in [1.807, 2.05) is 0 Å². The van der Waals surface area contributed by atoms with Crippen LogP contribution in [-0.4, -0.2) is 0 Å². The molecule has 0 N–H and O–H groups in total. The van der Waals surface area contributed by atoms with Crippen molar-refractivity contribution in [3.63, 3.8) is 0 Å². The topological polar surface area (TPSA) is 3.24 Å². The molecule has 1 heteroatoms. The maximum absolute atomic E-state index is 2.44. The highest BCUT2D eigenvalue weighted by Crippen LogP contribution is 2.63. The lowest BCUT2D eigenvalue weighted by atomic mass is 9.54. The summed E-state index contributed by atoms with van der Waals surface area (Å²) in [6, 6.07) is 60.1. The number of rotatable bonds is 4. The van der Waals surface area contributed by atoms with Gasteiger partial charge in [-0.25, -0.2) is 0 Å². The van der Waals surface area contributed by atoms with Crippen LogP contribution in [-0.2, 0) is 5.41 Å². The Labute approximate surface area is 277 Å². The van der Waals surface area contributed by atoms with E-state index in [9.17, 15) is 0 Å². The van der Waals surface area contributed by atoms with E-state index in [2.05, 4.69) is 195 Å². The van der Waals surface area contributed by atoms with E-state index in [0.29, 0.717) is 0 Å². The third kappa shape index (κ3) is 4.03. The second kappa shape index (κ2) is 10.4. The molecule has 0 atom stereocenters. The smallest absolute Gasteiger partial charge is 0.0554 e. The normalized spacial score (nSPS) is 14.9.